The summed E-state index contributed by atoms with van der Waals surface area (Å²) in [4.78, 5) is 22.9. The van der Waals surface area contributed by atoms with Gasteiger partial charge in [0.15, 0.2) is 0 Å². The second kappa shape index (κ2) is 6.37. The van der Waals surface area contributed by atoms with Gasteiger partial charge in [-0.3, -0.25) is 9.59 Å². The molecule has 4 nitrogen and oxygen atoms in total. The summed E-state index contributed by atoms with van der Waals surface area (Å²) >= 11 is 5.82. The second-order valence-corrected chi connectivity index (χ2v) is 4.69. The number of nitrogens with one attached hydrogen (secondary N) is 1. The Hall–Kier alpha value is -2.40. The van der Waals surface area contributed by atoms with Gasteiger partial charge in [-0.05, 0) is 23.8 Å². The molecule has 2 N–H and O–H groups in total. The normalized spacial score (nSPS) is 10.2. The number of anilines is 1. The standard InChI is InChI=1S/C15H11ClFNO3/c16-10-5-3-6-11(17)14(10)15(21)18-12-7-2-1-4-9(12)8-13(19)20/h1-7H,8H2,(H,18,21)(H,19,20). The first-order valence-electron chi connectivity index (χ1n) is 6.04. The van der Waals surface area contributed by atoms with E-state index in [-0.39, 0.29) is 17.0 Å². The number of carbonyl (C=O) groups is 2. The number of halogens is 2. The van der Waals surface area contributed by atoms with E-state index in [2.05, 4.69) is 5.32 Å². The van der Waals surface area contributed by atoms with Gasteiger partial charge >= 0.3 is 5.97 Å². The van der Waals surface area contributed by atoms with Crippen LogP contribution in [0.15, 0.2) is 42.5 Å². The zero-order valence-electron chi connectivity index (χ0n) is 10.8. The lowest BCUT2D eigenvalue weighted by Gasteiger charge is -2.11. The van der Waals surface area contributed by atoms with Crippen molar-refractivity contribution in [3.8, 4) is 0 Å². The first-order valence-corrected chi connectivity index (χ1v) is 6.42. The van der Waals surface area contributed by atoms with E-state index in [1.54, 1.807) is 24.3 Å². The molecule has 2 rings (SSSR count). The maximum atomic E-state index is 13.7. The van der Waals surface area contributed by atoms with Crippen LogP contribution in [-0.2, 0) is 11.2 Å². The van der Waals surface area contributed by atoms with E-state index in [1.165, 1.54) is 12.1 Å². The summed E-state index contributed by atoms with van der Waals surface area (Å²) in [6.45, 7) is 0. The summed E-state index contributed by atoms with van der Waals surface area (Å²) in [6.07, 6.45) is -0.249. The fraction of sp³-hybridized carbons (Fsp3) is 0.0667. The first kappa shape index (κ1) is 15.0. The van der Waals surface area contributed by atoms with Gasteiger partial charge < -0.3 is 10.4 Å². The number of rotatable bonds is 4. The highest BCUT2D eigenvalue weighted by Gasteiger charge is 2.17. The number of carboxylic acids is 1. The third kappa shape index (κ3) is 3.58. The molecule has 2 aromatic rings. The molecule has 0 saturated carbocycles. The number of benzene rings is 2. The zero-order chi connectivity index (χ0) is 15.4. The quantitative estimate of drug-likeness (QED) is 0.910. The molecule has 0 bridgehead atoms. The molecule has 6 heteroatoms. The van der Waals surface area contributed by atoms with Crippen LogP contribution in [0.5, 0.6) is 0 Å². The van der Waals surface area contributed by atoms with Crippen LogP contribution in [0, 0.1) is 5.82 Å². The number of aliphatic carboxylic acids is 1. The van der Waals surface area contributed by atoms with E-state index in [4.69, 9.17) is 16.7 Å². The molecule has 1 amide bonds. The summed E-state index contributed by atoms with van der Waals surface area (Å²) in [7, 11) is 0. The van der Waals surface area contributed by atoms with Crippen LogP contribution in [0.25, 0.3) is 0 Å². The van der Waals surface area contributed by atoms with Crippen LogP contribution in [0.4, 0.5) is 10.1 Å². The van der Waals surface area contributed by atoms with Gasteiger partial charge in [-0.1, -0.05) is 35.9 Å². The van der Waals surface area contributed by atoms with Crippen molar-refractivity contribution in [2.45, 2.75) is 6.42 Å². The molecule has 0 aliphatic heterocycles. The Balaban J connectivity index is 2.30. The third-order valence-corrected chi connectivity index (χ3v) is 3.11. The van der Waals surface area contributed by atoms with E-state index in [0.29, 0.717) is 11.3 Å². The number of amides is 1. The molecule has 0 atom stereocenters. The largest absolute Gasteiger partial charge is 0.481 e. The third-order valence-electron chi connectivity index (χ3n) is 2.80. The van der Waals surface area contributed by atoms with Crippen molar-refractivity contribution in [2.24, 2.45) is 0 Å². The SMILES string of the molecule is O=C(O)Cc1ccccc1NC(=O)c1c(F)cccc1Cl. The van der Waals surface area contributed by atoms with Crippen molar-refractivity contribution in [1.29, 1.82) is 0 Å². The highest BCUT2D eigenvalue weighted by Crippen LogP contribution is 2.22. The molecular formula is C15H11ClFNO3. The van der Waals surface area contributed by atoms with Crippen molar-refractivity contribution >= 4 is 29.2 Å². The minimum atomic E-state index is -1.03. The van der Waals surface area contributed by atoms with E-state index in [0.717, 1.165) is 6.07 Å². The molecule has 0 heterocycles. The molecule has 0 aromatic heterocycles. The lowest BCUT2D eigenvalue weighted by atomic mass is 10.1. The highest BCUT2D eigenvalue weighted by atomic mass is 35.5. The molecule has 21 heavy (non-hydrogen) atoms. The molecular weight excluding hydrogens is 297 g/mol. The Morgan fingerprint density at radius 2 is 1.86 bits per heavy atom. The number of carboxylic acid groups (broad SMARTS) is 1. The van der Waals surface area contributed by atoms with Gasteiger partial charge in [0.25, 0.3) is 5.91 Å². The molecule has 0 unspecified atom stereocenters. The predicted molar refractivity (Wildman–Crippen MR) is 77.1 cm³/mol. The van der Waals surface area contributed by atoms with Gasteiger partial charge in [-0.2, -0.15) is 0 Å². The van der Waals surface area contributed by atoms with Crippen molar-refractivity contribution in [1.82, 2.24) is 0 Å². The lowest BCUT2D eigenvalue weighted by molar-refractivity contribution is -0.136. The van der Waals surface area contributed by atoms with Crippen LogP contribution in [0.2, 0.25) is 5.02 Å². The van der Waals surface area contributed by atoms with Crippen LogP contribution < -0.4 is 5.32 Å². The Bertz CT molecular complexity index is 683. The van der Waals surface area contributed by atoms with Crippen LogP contribution in [-0.4, -0.2) is 17.0 Å². The van der Waals surface area contributed by atoms with Gasteiger partial charge in [0.2, 0.25) is 0 Å². The lowest BCUT2D eigenvalue weighted by Crippen LogP contribution is -2.16. The minimum Gasteiger partial charge on any atom is -0.481 e. The van der Waals surface area contributed by atoms with Gasteiger partial charge in [0, 0.05) is 5.69 Å². The number of hydrogen-bond donors (Lipinski definition) is 2. The average molecular weight is 308 g/mol. The molecule has 0 fully saturated rings. The van der Waals surface area contributed by atoms with Crippen LogP contribution >= 0.6 is 11.6 Å². The van der Waals surface area contributed by atoms with E-state index >= 15 is 0 Å². The molecule has 0 saturated heterocycles. The average Bonchev–Trinajstić information content (AvgIpc) is 2.40. The maximum absolute atomic E-state index is 13.7. The van der Waals surface area contributed by atoms with Crippen LogP contribution in [0.1, 0.15) is 15.9 Å². The Kier molecular flexibility index (Phi) is 4.55. The smallest absolute Gasteiger partial charge is 0.307 e. The van der Waals surface area contributed by atoms with E-state index < -0.39 is 17.7 Å². The molecule has 108 valence electrons. The summed E-state index contributed by atoms with van der Waals surface area (Å²) in [6, 6.07) is 10.4. The molecule has 0 aliphatic carbocycles. The van der Waals surface area contributed by atoms with Gasteiger partial charge in [-0.25, -0.2) is 4.39 Å². The number of para-hydroxylation sites is 1. The van der Waals surface area contributed by atoms with Crippen LogP contribution in [0.3, 0.4) is 0 Å². The van der Waals surface area contributed by atoms with Crippen molar-refractivity contribution in [2.75, 3.05) is 5.32 Å². The monoisotopic (exact) mass is 307 g/mol. The fourth-order valence-corrected chi connectivity index (χ4v) is 2.11. The first-order chi connectivity index (χ1) is 9.99. The van der Waals surface area contributed by atoms with Crippen molar-refractivity contribution in [3.05, 3.63) is 64.4 Å². The topological polar surface area (TPSA) is 66.4 Å². The maximum Gasteiger partial charge on any atom is 0.307 e. The summed E-state index contributed by atoms with van der Waals surface area (Å²) in [5, 5.41) is 11.3. The molecule has 2 aromatic carbocycles. The van der Waals surface area contributed by atoms with Crippen molar-refractivity contribution < 1.29 is 19.1 Å². The van der Waals surface area contributed by atoms with Gasteiger partial charge in [0.1, 0.15) is 5.82 Å². The predicted octanol–water partition coefficient (Wildman–Crippen LogP) is 3.36. The summed E-state index contributed by atoms with van der Waals surface area (Å²) < 4.78 is 13.7. The minimum absolute atomic E-state index is 0.0109. The highest BCUT2D eigenvalue weighted by molar-refractivity contribution is 6.34. The summed E-state index contributed by atoms with van der Waals surface area (Å²) in [5.74, 6) is -2.49. The molecule has 0 radical (unpaired) electrons. The van der Waals surface area contributed by atoms with E-state index in [1.807, 2.05) is 0 Å². The van der Waals surface area contributed by atoms with Gasteiger partial charge in [-0.15, -0.1) is 0 Å². The van der Waals surface area contributed by atoms with Gasteiger partial charge in [0.05, 0.1) is 17.0 Å². The number of hydrogen-bond acceptors (Lipinski definition) is 2. The summed E-state index contributed by atoms with van der Waals surface area (Å²) in [5.41, 5.74) is 0.458. The Labute approximate surface area is 125 Å². The molecule has 0 spiro atoms. The zero-order valence-corrected chi connectivity index (χ0v) is 11.5. The fourth-order valence-electron chi connectivity index (χ4n) is 1.86. The Morgan fingerprint density at radius 1 is 1.14 bits per heavy atom. The second-order valence-electron chi connectivity index (χ2n) is 4.28. The molecule has 0 aliphatic rings. The number of carbonyl (C=O) groups excluding carboxylic acids is 1. The van der Waals surface area contributed by atoms with E-state index in [9.17, 15) is 14.0 Å². The van der Waals surface area contributed by atoms with Crippen molar-refractivity contribution in [3.63, 3.8) is 0 Å². The Morgan fingerprint density at radius 3 is 2.52 bits per heavy atom.